The molecule has 9 heteroatoms. The maximum atomic E-state index is 12.9. The highest BCUT2D eigenvalue weighted by molar-refractivity contribution is 7.89. The van der Waals surface area contributed by atoms with Gasteiger partial charge in [-0.3, -0.25) is 4.79 Å². The van der Waals surface area contributed by atoms with E-state index in [1.807, 2.05) is 19.9 Å². The molecule has 1 amide bonds. The van der Waals surface area contributed by atoms with E-state index in [1.54, 1.807) is 12.1 Å². The molecule has 0 saturated carbocycles. The van der Waals surface area contributed by atoms with Crippen LogP contribution in [0.25, 0.3) is 0 Å². The zero-order valence-electron chi connectivity index (χ0n) is 16.0. The summed E-state index contributed by atoms with van der Waals surface area (Å²) in [5.74, 6) is -0.615. The molecule has 0 aliphatic carbocycles. The largest absolute Gasteiger partial charge is 0.416 e. The summed E-state index contributed by atoms with van der Waals surface area (Å²) in [5, 5.41) is 2.64. The SMILES string of the molecule is C=CCN(CC(=O)Nc1cccc(C)c1C)S(=O)(=O)c1cccc(C(F)(F)F)c1. The van der Waals surface area contributed by atoms with Crippen molar-refractivity contribution in [2.75, 3.05) is 18.4 Å². The second-order valence-electron chi connectivity index (χ2n) is 6.41. The molecule has 0 atom stereocenters. The van der Waals surface area contributed by atoms with Gasteiger partial charge in [-0.1, -0.05) is 24.3 Å². The van der Waals surface area contributed by atoms with Crippen molar-refractivity contribution in [1.29, 1.82) is 0 Å². The molecule has 0 heterocycles. The van der Waals surface area contributed by atoms with Crippen molar-refractivity contribution in [3.8, 4) is 0 Å². The molecule has 0 saturated heterocycles. The monoisotopic (exact) mass is 426 g/mol. The van der Waals surface area contributed by atoms with Crippen LogP contribution in [-0.4, -0.2) is 31.7 Å². The third-order valence-electron chi connectivity index (χ3n) is 4.33. The maximum Gasteiger partial charge on any atom is 0.416 e. The molecular weight excluding hydrogens is 405 g/mol. The van der Waals surface area contributed by atoms with Gasteiger partial charge in [0, 0.05) is 12.2 Å². The summed E-state index contributed by atoms with van der Waals surface area (Å²) >= 11 is 0. The summed E-state index contributed by atoms with van der Waals surface area (Å²) < 4.78 is 65.3. The minimum atomic E-state index is -4.69. The van der Waals surface area contributed by atoms with Gasteiger partial charge in [0.1, 0.15) is 0 Å². The predicted octanol–water partition coefficient (Wildman–Crippen LogP) is 4.14. The predicted molar refractivity (Wildman–Crippen MR) is 105 cm³/mol. The van der Waals surface area contributed by atoms with E-state index in [0.29, 0.717) is 11.8 Å². The van der Waals surface area contributed by atoms with Crippen molar-refractivity contribution in [3.63, 3.8) is 0 Å². The van der Waals surface area contributed by atoms with Gasteiger partial charge in [-0.15, -0.1) is 6.58 Å². The van der Waals surface area contributed by atoms with Crippen molar-refractivity contribution >= 4 is 21.6 Å². The number of carbonyl (C=O) groups is 1. The fourth-order valence-corrected chi connectivity index (χ4v) is 4.02. The van der Waals surface area contributed by atoms with Crippen LogP contribution >= 0.6 is 0 Å². The molecule has 0 unspecified atom stereocenters. The minimum Gasteiger partial charge on any atom is -0.325 e. The second-order valence-corrected chi connectivity index (χ2v) is 8.35. The molecular formula is C20H21F3N2O3S. The van der Waals surface area contributed by atoms with E-state index in [1.165, 1.54) is 6.08 Å². The standard InChI is InChI=1S/C20H21F3N2O3S/c1-4-11-25(13-19(26)24-18-10-5-7-14(2)15(18)3)29(27,28)17-9-6-8-16(12-17)20(21,22)23/h4-10,12H,1,11,13H2,2-3H3,(H,24,26). The number of sulfonamides is 1. The first-order valence-electron chi connectivity index (χ1n) is 8.61. The minimum absolute atomic E-state index is 0.237. The highest BCUT2D eigenvalue weighted by atomic mass is 32.2. The van der Waals surface area contributed by atoms with Crippen LogP contribution in [-0.2, 0) is 21.0 Å². The number of carbonyl (C=O) groups excluding carboxylic acids is 1. The number of nitrogens with zero attached hydrogens (tertiary/aromatic N) is 1. The molecule has 0 radical (unpaired) electrons. The summed E-state index contributed by atoms with van der Waals surface area (Å²) in [4.78, 5) is 11.9. The first kappa shape index (κ1) is 22.6. The van der Waals surface area contributed by atoms with Crippen LogP contribution in [0, 0.1) is 13.8 Å². The van der Waals surface area contributed by atoms with E-state index in [9.17, 15) is 26.4 Å². The van der Waals surface area contributed by atoms with Gasteiger partial charge in [0.05, 0.1) is 17.0 Å². The molecule has 156 valence electrons. The maximum absolute atomic E-state index is 12.9. The number of rotatable bonds is 7. The van der Waals surface area contributed by atoms with Gasteiger partial charge < -0.3 is 5.32 Å². The normalized spacial score (nSPS) is 12.1. The van der Waals surface area contributed by atoms with Crippen molar-refractivity contribution in [2.45, 2.75) is 24.9 Å². The van der Waals surface area contributed by atoms with Crippen molar-refractivity contribution in [3.05, 3.63) is 71.8 Å². The topological polar surface area (TPSA) is 66.5 Å². The third-order valence-corrected chi connectivity index (χ3v) is 6.14. The third kappa shape index (κ3) is 5.45. The first-order chi connectivity index (χ1) is 13.5. The Balaban J connectivity index is 2.29. The zero-order chi connectivity index (χ0) is 21.8. The molecule has 0 bridgehead atoms. The summed E-state index contributed by atoms with van der Waals surface area (Å²) in [5.41, 5.74) is 1.22. The lowest BCUT2D eigenvalue weighted by molar-refractivity contribution is -0.137. The van der Waals surface area contributed by atoms with Gasteiger partial charge in [0.15, 0.2) is 0 Å². The number of benzene rings is 2. The average Bonchev–Trinajstić information content (AvgIpc) is 2.64. The number of amides is 1. The smallest absolute Gasteiger partial charge is 0.325 e. The summed E-state index contributed by atoms with van der Waals surface area (Å²) in [6.07, 6.45) is -3.43. The molecule has 0 aliphatic rings. The van der Waals surface area contributed by atoms with Gasteiger partial charge in [-0.25, -0.2) is 8.42 Å². The lowest BCUT2D eigenvalue weighted by atomic mass is 10.1. The van der Waals surface area contributed by atoms with E-state index in [4.69, 9.17) is 0 Å². The summed E-state index contributed by atoms with van der Waals surface area (Å²) in [7, 11) is -4.35. The van der Waals surface area contributed by atoms with Crippen LogP contribution in [0.1, 0.15) is 16.7 Å². The number of alkyl halides is 3. The Morgan fingerprint density at radius 3 is 2.45 bits per heavy atom. The van der Waals surface area contributed by atoms with Crippen LogP contribution in [0.3, 0.4) is 0 Å². The molecule has 2 rings (SSSR count). The molecule has 0 aliphatic heterocycles. The van der Waals surface area contributed by atoms with Crippen molar-refractivity contribution in [1.82, 2.24) is 4.31 Å². The number of halogens is 3. The lowest BCUT2D eigenvalue weighted by Gasteiger charge is -2.21. The van der Waals surface area contributed by atoms with Gasteiger partial charge in [0.2, 0.25) is 15.9 Å². The average molecular weight is 426 g/mol. The van der Waals surface area contributed by atoms with Crippen LogP contribution in [0.15, 0.2) is 60.0 Å². The van der Waals surface area contributed by atoms with E-state index in [0.717, 1.165) is 33.6 Å². The quantitative estimate of drug-likeness (QED) is 0.677. The number of hydrogen-bond acceptors (Lipinski definition) is 3. The van der Waals surface area contributed by atoms with Gasteiger partial charge in [-0.05, 0) is 49.2 Å². The van der Waals surface area contributed by atoms with Crippen molar-refractivity contribution < 1.29 is 26.4 Å². The van der Waals surface area contributed by atoms with E-state index >= 15 is 0 Å². The fourth-order valence-electron chi connectivity index (χ4n) is 2.61. The van der Waals surface area contributed by atoms with Crippen molar-refractivity contribution in [2.24, 2.45) is 0 Å². The Morgan fingerprint density at radius 1 is 1.17 bits per heavy atom. The Morgan fingerprint density at radius 2 is 1.83 bits per heavy atom. The second kappa shape index (κ2) is 8.79. The number of aryl methyl sites for hydroxylation is 1. The molecule has 0 fully saturated rings. The lowest BCUT2D eigenvalue weighted by Crippen LogP contribution is -2.38. The molecule has 0 aromatic heterocycles. The van der Waals surface area contributed by atoms with E-state index in [2.05, 4.69) is 11.9 Å². The summed E-state index contributed by atoms with van der Waals surface area (Å²) in [6.45, 7) is 6.33. The first-order valence-corrected chi connectivity index (χ1v) is 10.0. The highest BCUT2D eigenvalue weighted by Gasteiger charge is 2.33. The molecule has 2 aromatic rings. The Hall–Kier alpha value is -2.65. The Labute approximate surface area is 167 Å². The van der Waals surface area contributed by atoms with E-state index < -0.39 is 39.1 Å². The number of nitrogens with one attached hydrogen (secondary N) is 1. The van der Waals surface area contributed by atoms with Gasteiger partial charge in [-0.2, -0.15) is 17.5 Å². The molecule has 1 N–H and O–H groups in total. The molecule has 2 aromatic carbocycles. The fraction of sp³-hybridized carbons (Fsp3) is 0.250. The Bertz CT molecular complexity index is 1020. The zero-order valence-corrected chi connectivity index (χ0v) is 16.8. The number of anilines is 1. The highest BCUT2D eigenvalue weighted by Crippen LogP contribution is 2.31. The molecule has 29 heavy (non-hydrogen) atoms. The molecule has 0 spiro atoms. The van der Waals surface area contributed by atoms with Crippen LogP contribution < -0.4 is 5.32 Å². The van der Waals surface area contributed by atoms with E-state index in [-0.39, 0.29) is 6.54 Å². The summed E-state index contributed by atoms with van der Waals surface area (Å²) in [6, 6.07) is 8.70. The number of hydrogen-bond donors (Lipinski definition) is 1. The van der Waals surface area contributed by atoms with Gasteiger partial charge in [0.25, 0.3) is 0 Å². The Kier molecular flexibility index (Phi) is 6.86. The van der Waals surface area contributed by atoms with Crippen LogP contribution in [0.5, 0.6) is 0 Å². The molecule has 5 nitrogen and oxygen atoms in total. The van der Waals surface area contributed by atoms with Gasteiger partial charge >= 0.3 is 6.18 Å². The van der Waals surface area contributed by atoms with Crippen LogP contribution in [0.4, 0.5) is 18.9 Å². The van der Waals surface area contributed by atoms with Crippen LogP contribution in [0.2, 0.25) is 0 Å².